The lowest BCUT2D eigenvalue weighted by Crippen LogP contribution is -2.43. The summed E-state index contributed by atoms with van der Waals surface area (Å²) >= 11 is 0. The fourth-order valence-electron chi connectivity index (χ4n) is 3.31. The molecule has 0 saturated carbocycles. The van der Waals surface area contributed by atoms with E-state index in [0.29, 0.717) is 30.8 Å². The van der Waals surface area contributed by atoms with Gasteiger partial charge in [0.05, 0.1) is 23.0 Å². The number of carbonyl (C=O) groups is 2. The lowest BCUT2D eigenvalue weighted by molar-refractivity contribution is -0.137. The van der Waals surface area contributed by atoms with Gasteiger partial charge in [-0.2, -0.15) is 18.3 Å². The molecule has 150 valence electrons. The maximum absolute atomic E-state index is 13.0. The Morgan fingerprint density at radius 1 is 1.25 bits per heavy atom. The molecule has 28 heavy (non-hydrogen) atoms. The number of likely N-dealkylation sites (tertiary alicyclic amines) is 1. The van der Waals surface area contributed by atoms with Crippen molar-refractivity contribution in [2.24, 2.45) is 5.92 Å². The fourth-order valence-corrected chi connectivity index (χ4v) is 3.31. The van der Waals surface area contributed by atoms with Gasteiger partial charge in [0.1, 0.15) is 5.78 Å². The number of piperidine rings is 1. The van der Waals surface area contributed by atoms with Crippen LogP contribution in [0.15, 0.2) is 24.5 Å². The summed E-state index contributed by atoms with van der Waals surface area (Å²) in [5.41, 5.74) is 0.0952. The van der Waals surface area contributed by atoms with Gasteiger partial charge in [-0.05, 0) is 18.1 Å². The highest BCUT2D eigenvalue weighted by Crippen LogP contribution is 2.30. The Labute approximate surface area is 160 Å². The number of carbonyl (C=O) groups excluding carboxylic acids is 2. The van der Waals surface area contributed by atoms with E-state index in [2.05, 4.69) is 10.1 Å². The van der Waals surface area contributed by atoms with Crippen LogP contribution < -0.4 is 0 Å². The SMILES string of the molecule is CC1CN(C(=O)c2cnn(-c3ccc(C(F)(F)F)cn3)c2C(C)C)CCC1=O. The summed E-state index contributed by atoms with van der Waals surface area (Å²) in [5, 5.41) is 4.21. The Balaban J connectivity index is 1.94. The van der Waals surface area contributed by atoms with Gasteiger partial charge in [0.2, 0.25) is 0 Å². The van der Waals surface area contributed by atoms with Crippen LogP contribution in [0.25, 0.3) is 5.82 Å². The quantitative estimate of drug-likeness (QED) is 0.800. The van der Waals surface area contributed by atoms with E-state index in [-0.39, 0.29) is 29.3 Å². The molecule has 0 N–H and O–H groups in total. The molecule has 1 saturated heterocycles. The van der Waals surface area contributed by atoms with E-state index >= 15 is 0 Å². The van der Waals surface area contributed by atoms with Crippen molar-refractivity contribution >= 4 is 11.7 Å². The lowest BCUT2D eigenvalue weighted by atomic mass is 9.97. The Morgan fingerprint density at radius 3 is 2.50 bits per heavy atom. The number of aromatic nitrogens is 3. The first-order valence-corrected chi connectivity index (χ1v) is 9.03. The van der Waals surface area contributed by atoms with Gasteiger partial charge in [-0.1, -0.05) is 20.8 Å². The minimum Gasteiger partial charge on any atom is -0.337 e. The van der Waals surface area contributed by atoms with Crippen molar-refractivity contribution in [3.05, 3.63) is 41.3 Å². The molecule has 1 unspecified atom stereocenters. The fraction of sp³-hybridized carbons (Fsp3) is 0.474. The van der Waals surface area contributed by atoms with Gasteiger partial charge in [0.25, 0.3) is 5.91 Å². The van der Waals surface area contributed by atoms with Crippen molar-refractivity contribution in [2.45, 2.75) is 39.3 Å². The third kappa shape index (κ3) is 3.79. The molecule has 0 spiro atoms. The Kier molecular flexibility index (Phi) is 5.27. The third-order valence-corrected chi connectivity index (χ3v) is 4.84. The summed E-state index contributed by atoms with van der Waals surface area (Å²) in [5.74, 6) is -0.224. The summed E-state index contributed by atoms with van der Waals surface area (Å²) in [7, 11) is 0. The summed E-state index contributed by atoms with van der Waals surface area (Å²) in [4.78, 5) is 30.2. The number of Topliss-reactive ketones (excluding diaryl/α,β-unsaturated/α-hetero) is 1. The minimum absolute atomic E-state index is 0.116. The van der Waals surface area contributed by atoms with Crippen molar-refractivity contribution in [3.63, 3.8) is 0 Å². The van der Waals surface area contributed by atoms with Gasteiger partial charge in [-0.3, -0.25) is 9.59 Å². The van der Waals surface area contributed by atoms with Gasteiger partial charge < -0.3 is 4.90 Å². The van der Waals surface area contributed by atoms with E-state index in [4.69, 9.17) is 0 Å². The molecule has 2 aromatic heterocycles. The Morgan fingerprint density at radius 2 is 1.96 bits per heavy atom. The van der Waals surface area contributed by atoms with E-state index in [1.807, 2.05) is 13.8 Å². The summed E-state index contributed by atoms with van der Waals surface area (Å²) in [6, 6.07) is 2.17. The maximum Gasteiger partial charge on any atom is 0.417 e. The highest BCUT2D eigenvalue weighted by molar-refractivity contribution is 5.96. The number of ketones is 1. The van der Waals surface area contributed by atoms with Crippen LogP contribution in [0.3, 0.4) is 0 Å². The molecule has 1 amide bonds. The smallest absolute Gasteiger partial charge is 0.337 e. The van der Waals surface area contributed by atoms with Crippen LogP contribution in [0.4, 0.5) is 13.2 Å². The highest BCUT2D eigenvalue weighted by Gasteiger charge is 2.32. The van der Waals surface area contributed by atoms with Crippen LogP contribution in [0.1, 0.15) is 54.7 Å². The van der Waals surface area contributed by atoms with Crippen molar-refractivity contribution < 1.29 is 22.8 Å². The van der Waals surface area contributed by atoms with Crippen molar-refractivity contribution in [1.29, 1.82) is 0 Å². The van der Waals surface area contributed by atoms with Crippen LogP contribution in [-0.2, 0) is 11.0 Å². The van der Waals surface area contributed by atoms with Gasteiger partial charge >= 0.3 is 6.18 Å². The number of hydrogen-bond donors (Lipinski definition) is 0. The molecule has 3 rings (SSSR count). The maximum atomic E-state index is 13.0. The lowest BCUT2D eigenvalue weighted by Gasteiger charge is -2.30. The predicted molar refractivity (Wildman–Crippen MR) is 95.1 cm³/mol. The first-order chi connectivity index (χ1) is 13.1. The molecule has 0 radical (unpaired) electrons. The number of amides is 1. The van der Waals surface area contributed by atoms with E-state index in [1.165, 1.54) is 16.9 Å². The molecule has 9 heteroatoms. The standard InChI is InChI=1S/C19H21F3N4O2/c1-11(2)17-14(18(28)25-7-6-15(27)12(3)10-25)9-24-26(17)16-5-4-13(8-23-16)19(20,21)22/h4-5,8-9,11-12H,6-7,10H2,1-3H3. The molecular weight excluding hydrogens is 373 g/mol. The van der Waals surface area contributed by atoms with Gasteiger partial charge in [-0.15, -0.1) is 0 Å². The van der Waals surface area contributed by atoms with E-state index in [9.17, 15) is 22.8 Å². The second kappa shape index (κ2) is 7.37. The molecule has 0 aliphatic carbocycles. The number of hydrogen-bond acceptors (Lipinski definition) is 4. The third-order valence-electron chi connectivity index (χ3n) is 4.84. The summed E-state index contributed by atoms with van der Waals surface area (Å²) in [6.45, 7) is 6.23. The molecule has 1 atom stereocenters. The number of alkyl halides is 3. The monoisotopic (exact) mass is 394 g/mol. The highest BCUT2D eigenvalue weighted by atomic mass is 19.4. The first-order valence-electron chi connectivity index (χ1n) is 9.03. The van der Waals surface area contributed by atoms with E-state index in [0.717, 1.165) is 12.3 Å². The molecule has 1 aliphatic rings. The number of nitrogens with zero attached hydrogens (tertiary/aromatic N) is 4. The van der Waals surface area contributed by atoms with Crippen LogP contribution in [0.5, 0.6) is 0 Å². The number of pyridine rings is 1. The normalized spacial score (nSPS) is 18.0. The second-order valence-electron chi connectivity index (χ2n) is 7.28. The predicted octanol–water partition coefficient (Wildman–Crippen LogP) is 3.46. The summed E-state index contributed by atoms with van der Waals surface area (Å²) < 4.78 is 39.7. The zero-order valence-electron chi connectivity index (χ0n) is 15.8. The molecule has 1 aliphatic heterocycles. The Hall–Kier alpha value is -2.71. The molecule has 1 fully saturated rings. The molecule has 3 heterocycles. The molecule has 0 bridgehead atoms. The van der Waals surface area contributed by atoms with E-state index in [1.54, 1.807) is 11.8 Å². The van der Waals surface area contributed by atoms with Crippen LogP contribution in [-0.4, -0.2) is 44.4 Å². The number of rotatable bonds is 3. The molecule has 6 nitrogen and oxygen atoms in total. The largest absolute Gasteiger partial charge is 0.417 e. The molecule has 2 aromatic rings. The topological polar surface area (TPSA) is 68.1 Å². The summed E-state index contributed by atoms with van der Waals surface area (Å²) in [6.07, 6.45) is -1.99. The average Bonchev–Trinajstić information content (AvgIpc) is 3.08. The Bertz CT molecular complexity index is 888. The van der Waals surface area contributed by atoms with Gasteiger partial charge in [0.15, 0.2) is 5.82 Å². The zero-order valence-corrected chi connectivity index (χ0v) is 15.8. The number of halogens is 3. The first kappa shape index (κ1) is 20.0. The van der Waals surface area contributed by atoms with Gasteiger partial charge in [0, 0.05) is 31.6 Å². The van der Waals surface area contributed by atoms with E-state index < -0.39 is 11.7 Å². The van der Waals surface area contributed by atoms with Crippen LogP contribution in [0.2, 0.25) is 0 Å². The second-order valence-corrected chi connectivity index (χ2v) is 7.28. The molecular formula is C19H21F3N4O2. The average molecular weight is 394 g/mol. The zero-order chi connectivity index (χ0) is 20.6. The van der Waals surface area contributed by atoms with Crippen molar-refractivity contribution in [2.75, 3.05) is 13.1 Å². The minimum atomic E-state index is -4.47. The molecule has 0 aromatic carbocycles. The van der Waals surface area contributed by atoms with Crippen LogP contribution >= 0.6 is 0 Å². The van der Waals surface area contributed by atoms with Crippen molar-refractivity contribution in [3.8, 4) is 5.82 Å². The van der Waals surface area contributed by atoms with Crippen LogP contribution in [0, 0.1) is 5.92 Å². The van der Waals surface area contributed by atoms with Crippen molar-refractivity contribution in [1.82, 2.24) is 19.7 Å². The van der Waals surface area contributed by atoms with Gasteiger partial charge in [-0.25, -0.2) is 9.67 Å².